The first-order valence-electron chi connectivity index (χ1n) is 11.3. The summed E-state index contributed by atoms with van der Waals surface area (Å²) < 4.78 is 8.60. The number of carboxylic acids is 1. The minimum atomic E-state index is -0.981. The molecule has 0 spiro atoms. The highest BCUT2D eigenvalue weighted by molar-refractivity contribution is 5.97. The predicted octanol–water partition coefficient (Wildman–Crippen LogP) is 6.26. The number of aliphatic carboxylic acids is 1. The number of benzene rings is 3. The van der Waals surface area contributed by atoms with Crippen molar-refractivity contribution in [1.82, 2.24) is 9.55 Å². The normalized spacial score (nSPS) is 16.2. The molecule has 0 bridgehead atoms. The van der Waals surface area contributed by atoms with Crippen LogP contribution >= 0.6 is 0 Å². The fourth-order valence-corrected chi connectivity index (χ4v) is 4.71. The molecule has 1 aliphatic heterocycles. The predicted molar refractivity (Wildman–Crippen MR) is 130 cm³/mol. The van der Waals surface area contributed by atoms with Crippen LogP contribution in [0.1, 0.15) is 54.5 Å². The Labute approximate surface area is 193 Å². The van der Waals surface area contributed by atoms with Crippen LogP contribution in [0.15, 0.2) is 66.7 Å². The maximum Gasteiger partial charge on any atom is 0.328 e. The third-order valence-electron chi connectivity index (χ3n) is 6.20. The molecular formula is C28H26N2O3. The Morgan fingerprint density at radius 3 is 2.73 bits per heavy atom. The van der Waals surface area contributed by atoms with E-state index < -0.39 is 5.97 Å². The van der Waals surface area contributed by atoms with Gasteiger partial charge in [0.1, 0.15) is 17.7 Å². The van der Waals surface area contributed by atoms with E-state index in [1.165, 1.54) is 6.08 Å². The topological polar surface area (TPSA) is 64.4 Å². The van der Waals surface area contributed by atoms with Crippen LogP contribution in [0.4, 0.5) is 0 Å². The average Bonchev–Trinajstić information content (AvgIpc) is 3.12. The Bertz CT molecular complexity index is 1410. The molecule has 2 heterocycles. The van der Waals surface area contributed by atoms with Crippen molar-refractivity contribution in [2.75, 3.05) is 0 Å². The minimum absolute atomic E-state index is 0.216. The molecule has 0 aliphatic carbocycles. The van der Waals surface area contributed by atoms with Crippen LogP contribution in [0.2, 0.25) is 0 Å². The summed E-state index contributed by atoms with van der Waals surface area (Å²) >= 11 is 0. The molecule has 0 radical (unpaired) electrons. The minimum Gasteiger partial charge on any atom is -0.485 e. The summed E-state index contributed by atoms with van der Waals surface area (Å²) in [5.41, 5.74) is 7.45. The molecule has 1 N–H and O–H groups in total. The van der Waals surface area contributed by atoms with Gasteiger partial charge in [0.2, 0.25) is 0 Å². The molecule has 33 heavy (non-hydrogen) atoms. The number of nitrogens with zero attached hydrogens (tertiary/aromatic N) is 2. The van der Waals surface area contributed by atoms with Crippen LogP contribution in [0, 0.1) is 6.92 Å². The van der Waals surface area contributed by atoms with Crippen molar-refractivity contribution in [1.29, 1.82) is 0 Å². The van der Waals surface area contributed by atoms with Crippen molar-refractivity contribution >= 4 is 22.6 Å². The monoisotopic (exact) mass is 438 g/mol. The van der Waals surface area contributed by atoms with Crippen molar-refractivity contribution < 1.29 is 14.6 Å². The molecule has 3 aromatic carbocycles. The molecule has 0 saturated carbocycles. The Morgan fingerprint density at radius 1 is 1.12 bits per heavy atom. The summed E-state index contributed by atoms with van der Waals surface area (Å²) in [6.07, 6.45) is 2.91. The van der Waals surface area contributed by atoms with Gasteiger partial charge in [0.25, 0.3) is 0 Å². The standard InChI is InChI=1S/C28H26N2O3/c1-4-8-26-29-28-17(2)9-7-12-24(28)30(26)19-13-14-22-23(16-27(31)32)21-11-6-5-10-20(21)18(3)33-25(22)15-19/h5-7,9-16,18H,4,8H2,1-3H3,(H,31,32). The van der Waals surface area contributed by atoms with Crippen molar-refractivity contribution in [3.8, 4) is 11.4 Å². The quantitative estimate of drug-likeness (QED) is 0.382. The number of aryl methyl sites for hydroxylation is 2. The average molecular weight is 439 g/mol. The summed E-state index contributed by atoms with van der Waals surface area (Å²) in [4.78, 5) is 16.6. The highest BCUT2D eigenvalue weighted by Crippen LogP contribution is 2.42. The second-order valence-electron chi connectivity index (χ2n) is 8.48. The largest absolute Gasteiger partial charge is 0.485 e. The first-order valence-corrected chi connectivity index (χ1v) is 11.3. The number of para-hydroxylation sites is 1. The number of imidazole rings is 1. The smallest absolute Gasteiger partial charge is 0.328 e. The third-order valence-corrected chi connectivity index (χ3v) is 6.20. The molecule has 1 aromatic heterocycles. The molecule has 1 unspecified atom stereocenters. The molecule has 0 fully saturated rings. The van der Waals surface area contributed by atoms with E-state index in [4.69, 9.17) is 9.72 Å². The lowest BCUT2D eigenvalue weighted by atomic mass is 9.92. The van der Waals surface area contributed by atoms with Crippen LogP contribution in [-0.2, 0) is 11.2 Å². The summed E-state index contributed by atoms with van der Waals surface area (Å²) in [6, 6.07) is 20.1. The van der Waals surface area contributed by atoms with Crippen molar-refractivity contribution in [3.05, 3.63) is 94.8 Å². The number of aromatic nitrogens is 2. The van der Waals surface area contributed by atoms with Gasteiger partial charge in [0.05, 0.1) is 16.7 Å². The molecule has 0 saturated heterocycles. The molecule has 5 nitrogen and oxygen atoms in total. The lowest BCUT2D eigenvalue weighted by molar-refractivity contribution is -0.131. The van der Waals surface area contributed by atoms with Crippen molar-refractivity contribution in [3.63, 3.8) is 0 Å². The van der Waals surface area contributed by atoms with Gasteiger partial charge in [-0.05, 0) is 55.2 Å². The number of hydrogen-bond donors (Lipinski definition) is 1. The molecule has 166 valence electrons. The number of ether oxygens (including phenoxy) is 1. The SMILES string of the molecule is CCCc1nc2c(C)cccc2n1-c1ccc2c(c1)OC(C)c1ccccc1C2=CC(=O)O. The lowest BCUT2D eigenvalue weighted by Crippen LogP contribution is -2.05. The summed E-state index contributed by atoms with van der Waals surface area (Å²) in [5, 5.41) is 9.59. The van der Waals surface area contributed by atoms with Crippen LogP contribution in [0.25, 0.3) is 22.3 Å². The van der Waals surface area contributed by atoms with E-state index in [0.717, 1.165) is 57.6 Å². The lowest BCUT2D eigenvalue weighted by Gasteiger charge is -2.16. The van der Waals surface area contributed by atoms with E-state index >= 15 is 0 Å². The van der Waals surface area contributed by atoms with E-state index in [-0.39, 0.29) is 6.10 Å². The number of fused-ring (bicyclic) bond motifs is 3. The second kappa shape index (κ2) is 8.24. The van der Waals surface area contributed by atoms with Crippen LogP contribution in [0.5, 0.6) is 5.75 Å². The van der Waals surface area contributed by atoms with Gasteiger partial charge in [-0.3, -0.25) is 4.57 Å². The van der Waals surface area contributed by atoms with Gasteiger partial charge in [0.15, 0.2) is 0 Å². The van der Waals surface area contributed by atoms with Gasteiger partial charge in [-0.25, -0.2) is 9.78 Å². The van der Waals surface area contributed by atoms with Crippen LogP contribution in [0.3, 0.4) is 0 Å². The fourth-order valence-electron chi connectivity index (χ4n) is 4.71. The maximum atomic E-state index is 11.7. The zero-order chi connectivity index (χ0) is 23.1. The number of carboxylic acid groups (broad SMARTS) is 1. The van der Waals surface area contributed by atoms with E-state index in [2.05, 4.69) is 36.6 Å². The number of hydrogen-bond acceptors (Lipinski definition) is 3. The Hall–Kier alpha value is -3.86. The van der Waals surface area contributed by atoms with Gasteiger partial charge >= 0.3 is 5.97 Å². The van der Waals surface area contributed by atoms with E-state index in [1.807, 2.05) is 49.4 Å². The molecule has 5 heteroatoms. The first-order chi connectivity index (χ1) is 16.0. The first kappa shape index (κ1) is 21.0. The van der Waals surface area contributed by atoms with Gasteiger partial charge < -0.3 is 9.84 Å². The zero-order valence-electron chi connectivity index (χ0n) is 19.0. The Morgan fingerprint density at radius 2 is 1.94 bits per heavy atom. The fraction of sp³-hybridized carbons (Fsp3) is 0.214. The zero-order valence-corrected chi connectivity index (χ0v) is 19.0. The van der Waals surface area contributed by atoms with Crippen molar-refractivity contribution in [2.45, 2.75) is 39.7 Å². The summed E-state index contributed by atoms with van der Waals surface area (Å²) in [7, 11) is 0. The molecular weight excluding hydrogens is 412 g/mol. The maximum absolute atomic E-state index is 11.7. The second-order valence-corrected chi connectivity index (χ2v) is 8.48. The van der Waals surface area contributed by atoms with Crippen molar-refractivity contribution in [2.24, 2.45) is 0 Å². The molecule has 4 aromatic rings. The number of carbonyl (C=O) groups is 1. The summed E-state index contributed by atoms with van der Waals surface area (Å²) in [5.74, 6) is 0.694. The summed E-state index contributed by atoms with van der Waals surface area (Å²) in [6.45, 7) is 6.23. The van der Waals surface area contributed by atoms with E-state index in [1.54, 1.807) is 0 Å². The van der Waals surface area contributed by atoms with Gasteiger partial charge in [0, 0.05) is 29.7 Å². The number of rotatable bonds is 4. The van der Waals surface area contributed by atoms with E-state index in [9.17, 15) is 9.90 Å². The highest BCUT2D eigenvalue weighted by Gasteiger charge is 2.25. The molecule has 5 rings (SSSR count). The van der Waals surface area contributed by atoms with Gasteiger partial charge in [-0.2, -0.15) is 0 Å². The molecule has 1 aliphatic rings. The van der Waals surface area contributed by atoms with Crippen LogP contribution in [-0.4, -0.2) is 20.6 Å². The Balaban J connectivity index is 1.74. The van der Waals surface area contributed by atoms with Gasteiger partial charge in [-0.15, -0.1) is 0 Å². The Kier molecular flexibility index (Phi) is 5.25. The van der Waals surface area contributed by atoms with Gasteiger partial charge in [-0.1, -0.05) is 43.3 Å². The third kappa shape index (κ3) is 3.59. The van der Waals surface area contributed by atoms with Crippen LogP contribution < -0.4 is 4.74 Å². The molecule has 1 atom stereocenters. The molecule has 0 amide bonds. The highest BCUT2D eigenvalue weighted by atomic mass is 16.5. The van der Waals surface area contributed by atoms with E-state index in [0.29, 0.717) is 11.3 Å².